The van der Waals surface area contributed by atoms with Gasteiger partial charge in [-0.15, -0.1) is 11.3 Å². The summed E-state index contributed by atoms with van der Waals surface area (Å²) in [6, 6.07) is 0. The predicted molar refractivity (Wildman–Crippen MR) is 82.9 cm³/mol. The van der Waals surface area contributed by atoms with Crippen molar-refractivity contribution >= 4 is 33.1 Å². The Balaban J connectivity index is 1.97. The monoisotopic (exact) mass is 303 g/mol. The van der Waals surface area contributed by atoms with Gasteiger partial charge in [-0.25, -0.2) is 9.97 Å². The van der Waals surface area contributed by atoms with Gasteiger partial charge in [0, 0.05) is 11.4 Å². The molecule has 0 amide bonds. The van der Waals surface area contributed by atoms with E-state index in [1.165, 1.54) is 16.9 Å². The first kappa shape index (κ1) is 13.0. The van der Waals surface area contributed by atoms with Crippen LogP contribution < -0.4 is 5.32 Å². The molecule has 0 unspecified atom stereocenters. The molecule has 4 rings (SSSR count). The zero-order valence-electron chi connectivity index (χ0n) is 11.8. The summed E-state index contributed by atoms with van der Waals surface area (Å²) in [6.07, 6.45) is 5.05. The topological polar surface area (TPSA) is 75.3 Å². The molecule has 0 bridgehead atoms. The average Bonchev–Trinajstić information content (AvgIpc) is 3.07. The number of fused-ring (bicyclic) bond motifs is 5. The Hall–Kier alpha value is -1.73. The Morgan fingerprint density at radius 2 is 2.43 bits per heavy atom. The van der Waals surface area contributed by atoms with Gasteiger partial charge >= 0.3 is 0 Å². The number of aliphatic hydroxyl groups excluding tert-OH is 1. The number of rotatable bonds is 3. The molecule has 0 spiro atoms. The van der Waals surface area contributed by atoms with E-state index in [1.54, 1.807) is 22.2 Å². The fourth-order valence-corrected chi connectivity index (χ4v) is 4.26. The van der Waals surface area contributed by atoms with E-state index < -0.39 is 0 Å². The second-order valence-electron chi connectivity index (χ2n) is 5.61. The molecule has 0 radical (unpaired) electrons. The number of thiophene rings is 1. The minimum absolute atomic E-state index is 0.0639. The van der Waals surface area contributed by atoms with E-state index in [9.17, 15) is 0 Å². The fourth-order valence-electron chi connectivity index (χ4n) is 3.05. The molecule has 1 aliphatic carbocycles. The van der Waals surface area contributed by atoms with Gasteiger partial charge in [0.15, 0.2) is 5.65 Å². The molecule has 3 heterocycles. The first-order chi connectivity index (χ1) is 10.3. The van der Waals surface area contributed by atoms with Crippen molar-refractivity contribution in [2.45, 2.75) is 26.2 Å². The number of hydrogen-bond acceptors (Lipinski definition) is 6. The van der Waals surface area contributed by atoms with Crippen LogP contribution in [-0.2, 0) is 12.8 Å². The fraction of sp³-hybridized carbons (Fsp3) is 0.500. The van der Waals surface area contributed by atoms with E-state index in [0.717, 1.165) is 28.7 Å². The summed E-state index contributed by atoms with van der Waals surface area (Å²) in [6.45, 7) is 2.82. The molecule has 3 aromatic heterocycles. The van der Waals surface area contributed by atoms with Crippen LogP contribution in [0.5, 0.6) is 0 Å². The van der Waals surface area contributed by atoms with Crippen LogP contribution in [0.2, 0.25) is 0 Å². The van der Waals surface area contributed by atoms with Crippen molar-refractivity contribution in [3.8, 4) is 0 Å². The number of nitrogens with one attached hydrogen (secondary N) is 1. The Morgan fingerprint density at radius 1 is 1.52 bits per heavy atom. The van der Waals surface area contributed by atoms with Crippen LogP contribution in [0.15, 0.2) is 6.33 Å². The van der Waals surface area contributed by atoms with Crippen LogP contribution in [0.3, 0.4) is 0 Å². The first-order valence-corrected chi connectivity index (χ1v) is 8.08. The van der Waals surface area contributed by atoms with Crippen molar-refractivity contribution in [1.29, 1.82) is 0 Å². The van der Waals surface area contributed by atoms with Crippen molar-refractivity contribution < 1.29 is 5.11 Å². The van der Waals surface area contributed by atoms with Gasteiger partial charge in [0.2, 0.25) is 5.95 Å². The summed E-state index contributed by atoms with van der Waals surface area (Å²) in [4.78, 5) is 11.6. The molecule has 0 aliphatic heterocycles. The third-order valence-corrected chi connectivity index (χ3v) is 5.25. The highest BCUT2D eigenvalue weighted by Crippen LogP contribution is 2.39. The minimum Gasteiger partial charge on any atom is -0.395 e. The third kappa shape index (κ3) is 1.99. The maximum absolute atomic E-state index is 8.99. The lowest BCUT2D eigenvalue weighted by molar-refractivity contribution is 0.310. The largest absolute Gasteiger partial charge is 0.395 e. The second kappa shape index (κ2) is 4.92. The van der Waals surface area contributed by atoms with Crippen LogP contribution in [0, 0.1) is 5.92 Å². The van der Waals surface area contributed by atoms with Gasteiger partial charge in [0.1, 0.15) is 11.2 Å². The highest BCUT2D eigenvalue weighted by molar-refractivity contribution is 7.19. The Bertz CT molecular complexity index is 809. The van der Waals surface area contributed by atoms with Gasteiger partial charge in [-0.05, 0) is 30.7 Å². The minimum atomic E-state index is 0.0639. The van der Waals surface area contributed by atoms with E-state index in [0.29, 0.717) is 18.4 Å². The highest BCUT2D eigenvalue weighted by Gasteiger charge is 2.24. The van der Waals surface area contributed by atoms with Gasteiger partial charge in [0.25, 0.3) is 0 Å². The van der Waals surface area contributed by atoms with Crippen molar-refractivity contribution in [3.63, 3.8) is 0 Å². The van der Waals surface area contributed by atoms with E-state index in [1.807, 2.05) is 0 Å². The molecule has 7 heteroatoms. The van der Waals surface area contributed by atoms with Crippen LogP contribution >= 0.6 is 11.3 Å². The number of hydrogen-bond donors (Lipinski definition) is 2. The first-order valence-electron chi connectivity index (χ1n) is 7.26. The lowest BCUT2D eigenvalue weighted by Gasteiger charge is -2.17. The molecular weight excluding hydrogens is 286 g/mol. The smallest absolute Gasteiger partial charge is 0.227 e. The van der Waals surface area contributed by atoms with E-state index in [2.05, 4.69) is 22.3 Å². The molecular formula is C14H17N5OS. The summed E-state index contributed by atoms with van der Waals surface area (Å²) < 4.78 is 1.74. The number of aliphatic hydroxyl groups is 1. The van der Waals surface area contributed by atoms with Crippen LogP contribution in [0.1, 0.15) is 23.8 Å². The van der Waals surface area contributed by atoms with Crippen molar-refractivity contribution in [1.82, 2.24) is 19.6 Å². The molecule has 1 atom stereocenters. The van der Waals surface area contributed by atoms with E-state index in [4.69, 9.17) is 10.1 Å². The summed E-state index contributed by atoms with van der Waals surface area (Å²) in [5.74, 6) is 1.36. The van der Waals surface area contributed by atoms with Crippen molar-refractivity contribution in [2.24, 2.45) is 5.92 Å². The molecule has 21 heavy (non-hydrogen) atoms. The number of aryl methyl sites for hydroxylation is 1. The van der Waals surface area contributed by atoms with Gasteiger partial charge in [-0.1, -0.05) is 6.92 Å². The zero-order valence-corrected chi connectivity index (χ0v) is 12.7. The van der Waals surface area contributed by atoms with E-state index >= 15 is 0 Å². The van der Waals surface area contributed by atoms with Crippen molar-refractivity contribution in [2.75, 3.05) is 18.5 Å². The number of nitrogens with zero attached hydrogens (tertiary/aromatic N) is 4. The molecule has 110 valence electrons. The summed E-state index contributed by atoms with van der Waals surface area (Å²) in [5, 5.41) is 17.5. The maximum Gasteiger partial charge on any atom is 0.227 e. The average molecular weight is 303 g/mol. The summed E-state index contributed by atoms with van der Waals surface area (Å²) >= 11 is 1.77. The van der Waals surface area contributed by atoms with Crippen LogP contribution in [0.4, 0.5) is 5.95 Å². The normalized spacial score (nSPS) is 18.3. The predicted octanol–water partition coefficient (Wildman–Crippen LogP) is 1.87. The highest BCUT2D eigenvalue weighted by atomic mass is 32.1. The Kier molecular flexibility index (Phi) is 3.04. The maximum atomic E-state index is 8.99. The lowest BCUT2D eigenvalue weighted by atomic mass is 9.89. The van der Waals surface area contributed by atoms with E-state index in [-0.39, 0.29) is 6.61 Å². The van der Waals surface area contributed by atoms with Crippen LogP contribution in [-0.4, -0.2) is 37.8 Å². The molecule has 0 saturated heterocycles. The third-order valence-electron chi connectivity index (χ3n) is 4.06. The van der Waals surface area contributed by atoms with Gasteiger partial charge in [-0.2, -0.15) is 9.61 Å². The number of anilines is 1. The number of aromatic nitrogens is 4. The summed E-state index contributed by atoms with van der Waals surface area (Å²) in [5.41, 5.74) is 2.28. The molecule has 0 fully saturated rings. The standard InChI is InChI=1S/C14H17N5OS/c1-8-2-3-10-9(6-8)11-12-16-7-17-19(12)14(15-4-5-20)18-13(11)21-10/h7-8,20H,2-6H2,1H3,(H,15,18)/t8-/m0/s1. The quantitative estimate of drug-likeness (QED) is 0.772. The van der Waals surface area contributed by atoms with Crippen molar-refractivity contribution in [3.05, 3.63) is 16.8 Å². The van der Waals surface area contributed by atoms with Gasteiger partial charge < -0.3 is 10.4 Å². The molecule has 2 N–H and O–H groups in total. The second-order valence-corrected chi connectivity index (χ2v) is 6.70. The van der Waals surface area contributed by atoms with Gasteiger partial charge in [0.05, 0.1) is 12.0 Å². The lowest BCUT2D eigenvalue weighted by Crippen LogP contribution is -2.12. The molecule has 0 aromatic carbocycles. The molecule has 6 nitrogen and oxygen atoms in total. The molecule has 1 aliphatic rings. The van der Waals surface area contributed by atoms with Crippen LogP contribution in [0.25, 0.3) is 15.9 Å². The molecule has 0 saturated carbocycles. The Morgan fingerprint density at radius 3 is 3.29 bits per heavy atom. The van der Waals surface area contributed by atoms with Gasteiger partial charge in [-0.3, -0.25) is 0 Å². The summed E-state index contributed by atoms with van der Waals surface area (Å²) in [7, 11) is 0. The molecule has 3 aromatic rings. The Labute approximate surface area is 125 Å². The zero-order chi connectivity index (χ0) is 14.4. The SMILES string of the molecule is C[C@H]1CCc2sc3nc(NCCO)n4ncnc4c3c2C1.